The van der Waals surface area contributed by atoms with Crippen LogP contribution in [-0.4, -0.2) is 15.3 Å². The van der Waals surface area contributed by atoms with Crippen LogP contribution in [0.15, 0.2) is 57.0 Å². The van der Waals surface area contributed by atoms with E-state index in [2.05, 4.69) is 0 Å². The number of allylic oxidation sites excluding steroid dienone is 4. The number of hydrogen-bond acceptors (Lipinski definition) is 5. The van der Waals surface area contributed by atoms with Crippen molar-refractivity contribution in [3.63, 3.8) is 0 Å². The van der Waals surface area contributed by atoms with Gasteiger partial charge in [0.15, 0.2) is 0 Å². The van der Waals surface area contributed by atoms with E-state index in [-0.39, 0.29) is 39.2 Å². The molecule has 3 aromatic rings. The molecule has 31 heavy (non-hydrogen) atoms. The van der Waals surface area contributed by atoms with Gasteiger partial charge in [0.05, 0.1) is 5.56 Å². The van der Waals surface area contributed by atoms with E-state index in [1.165, 1.54) is 12.3 Å². The van der Waals surface area contributed by atoms with Crippen LogP contribution in [0.5, 0.6) is 17.2 Å². The monoisotopic (exact) mass is 420 g/mol. The number of phenolic OH excluding ortho intramolecular Hbond substituents is 3. The van der Waals surface area contributed by atoms with E-state index in [0.29, 0.717) is 35.1 Å². The van der Waals surface area contributed by atoms with E-state index in [9.17, 15) is 20.1 Å². The second-order valence-electron chi connectivity index (χ2n) is 8.31. The van der Waals surface area contributed by atoms with Crippen molar-refractivity contribution in [2.75, 3.05) is 0 Å². The van der Waals surface area contributed by atoms with E-state index in [4.69, 9.17) is 4.42 Å². The van der Waals surface area contributed by atoms with Crippen molar-refractivity contribution in [2.24, 2.45) is 0 Å². The summed E-state index contributed by atoms with van der Waals surface area (Å²) >= 11 is 0. The molecule has 5 heteroatoms. The smallest absolute Gasteiger partial charge is 0.204 e. The number of aryl methyl sites for hydroxylation is 1. The molecule has 5 nitrogen and oxygen atoms in total. The zero-order valence-corrected chi connectivity index (χ0v) is 18.5. The average Bonchev–Trinajstić information content (AvgIpc) is 2.68. The molecule has 162 valence electrons. The summed E-state index contributed by atoms with van der Waals surface area (Å²) in [4.78, 5) is 13.5. The largest absolute Gasteiger partial charge is 0.508 e. The Labute approximate surface area is 181 Å². The Morgan fingerprint density at radius 2 is 1.52 bits per heavy atom. The Morgan fingerprint density at radius 3 is 2.10 bits per heavy atom. The highest BCUT2D eigenvalue weighted by Crippen LogP contribution is 2.40. The van der Waals surface area contributed by atoms with E-state index >= 15 is 0 Å². The van der Waals surface area contributed by atoms with Crippen molar-refractivity contribution in [2.45, 2.75) is 47.5 Å². The SMILES string of the molecule is CC(C)=CCc1c(O)c(CC=C(C)C)c2occ(-c3ccc(O)cc3C)c(=O)c2c1O. The summed E-state index contributed by atoms with van der Waals surface area (Å²) in [6.07, 6.45) is 5.84. The van der Waals surface area contributed by atoms with Crippen LogP contribution in [0.4, 0.5) is 0 Å². The van der Waals surface area contributed by atoms with Gasteiger partial charge in [-0.1, -0.05) is 29.4 Å². The van der Waals surface area contributed by atoms with Crippen molar-refractivity contribution in [3.05, 3.63) is 74.7 Å². The molecule has 3 N–H and O–H groups in total. The van der Waals surface area contributed by atoms with Gasteiger partial charge in [0, 0.05) is 11.1 Å². The molecule has 0 radical (unpaired) electrons. The lowest BCUT2D eigenvalue weighted by Crippen LogP contribution is -2.08. The van der Waals surface area contributed by atoms with Crippen molar-refractivity contribution in [1.29, 1.82) is 0 Å². The maximum Gasteiger partial charge on any atom is 0.204 e. The highest BCUT2D eigenvalue weighted by atomic mass is 16.3. The lowest BCUT2D eigenvalue weighted by Gasteiger charge is -2.15. The lowest BCUT2D eigenvalue weighted by atomic mass is 9.94. The van der Waals surface area contributed by atoms with Crippen LogP contribution in [0.25, 0.3) is 22.1 Å². The van der Waals surface area contributed by atoms with Gasteiger partial charge in [-0.3, -0.25) is 4.79 Å². The Kier molecular flexibility index (Phi) is 6.25. The van der Waals surface area contributed by atoms with Crippen LogP contribution in [0.1, 0.15) is 44.4 Å². The number of benzene rings is 2. The Bertz CT molecular complexity index is 1270. The molecule has 1 heterocycles. The maximum atomic E-state index is 13.5. The molecule has 1 aromatic heterocycles. The van der Waals surface area contributed by atoms with Gasteiger partial charge in [-0.05, 0) is 70.7 Å². The van der Waals surface area contributed by atoms with Crippen LogP contribution >= 0.6 is 0 Å². The normalized spacial score (nSPS) is 10.9. The van der Waals surface area contributed by atoms with E-state index < -0.39 is 0 Å². The van der Waals surface area contributed by atoms with E-state index in [1.54, 1.807) is 19.1 Å². The first-order chi connectivity index (χ1) is 14.6. The Balaban J connectivity index is 2.38. The van der Waals surface area contributed by atoms with E-state index in [1.807, 2.05) is 39.8 Å². The zero-order chi connectivity index (χ0) is 22.9. The molecular weight excluding hydrogens is 392 g/mol. The molecule has 0 unspecified atom stereocenters. The van der Waals surface area contributed by atoms with Gasteiger partial charge in [-0.15, -0.1) is 0 Å². The van der Waals surface area contributed by atoms with Gasteiger partial charge in [0.25, 0.3) is 0 Å². The molecule has 0 saturated heterocycles. The van der Waals surface area contributed by atoms with Gasteiger partial charge in [0.1, 0.15) is 34.5 Å². The third-order valence-corrected chi connectivity index (χ3v) is 5.29. The third kappa shape index (κ3) is 4.36. The topological polar surface area (TPSA) is 90.9 Å². The number of hydrogen-bond donors (Lipinski definition) is 3. The lowest BCUT2D eigenvalue weighted by molar-refractivity contribution is 0.438. The number of aromatic hydroxyl groups is 3. The van der Waals surface area contributed by atoms with Crippen LogP contribution < -0.4 is 5.43 Å². The third-order valence-electron chi connectivity index (χ3n) is 5.29. The van der Waals surface area contributed by atoms with Crippen LogP contribution in [0, 0.1) is 6.92 Å². The van der Waals surface area contributed by atoms with Crippen molar-refractivity contribution >= 4 is 11.0 Å². The zero-order valence-electron chi connectivity index (χ0n) is 18.5. The Morgan fingerprint density at radius 1 is 0.903 bits per heavy atom. The molecule has 3 rings (SSSR count). The molecule has 2 aromatic carbocycles. The standard InChI is InChI=1S/C26H28O5/c1-14(2)6-9-19-23(28)20(10-7-15(3)4)26-22(24(19)29)25(30)21(13-31-26)18-11-8-17(27)12-16(18)5/h6-8,11-13,27-29H,9-10H2,1-5H3. The molecule has 0 aliphatic carbocycles. The first kappa shape index (κ1) is 22.2. The first-order valence-electron chi connectivity index (χ1n) is 10.2. The van der Waals surface area contributed by atoms with Crippen LogP contribution in [-0.2, 0) is 12.8 Å². The minimum atomic E-state index is -0.385. The second kappa shape index (κ2) is 8.72. The fourth-order valence-electron chi connectivity index (χ4n) is 3.59. The fraction of sp³-hybridized carbons (Fsp3) is 0.269. The number of fused-ring (bicyclic) bond motifs is 1. The molecule has 0 atom stereocenters. The quantitative estimate of drug-likeness (QED) is 0.447. The molecule has 0 aliphatic rings. The molecule has 0 bridgehead atoms. The van der Waals surface area contributed by atoms with Gasteiger partial charge >= 0.3 is 0 Å². The second-order valence-corrected chi connectivity index (χ2v) is 8.31. The number of rotatable bonds is 5. The van der Waals surface area contributed by atoms with E-state index in [0.717, 1.165) is 11.1 Å². The Hall–Kier alpha value is -3.47. The summed E-state index contributed by atoms with van der Waals surface area (Å²) in [5, 5.41) is 31.7. The predicted octanol–water partition coefficient (Wildman–Crippen LogP) is 5.90. The van der Waals surface area contributed by atoms with Gasteiger partial charge in [-0.2, -0.15) is 0 Å². The molecule has 0 fully saturated rings. The van der Waals surface area contributed by atoms with Crippen molar-refractivity contribution in [1.82, 2.24) is 0 Å². The van der Waals surface area contributed by atoms with Gasteiger partial charge in [0.2, 0.25) is 5.43 Å². The van der Waals surface area contributed by atoms with Gasteiger partial charge in [-0.25, -0.2) is 0 Å². The summed E-state index contributed by atoms with van der Waals surface area (Å²) in [5.74, 6) is -0.220. The molecule has 0 spiro atoms. The molecular formula is C26H28O5. The average molecular weight is 421 g/mol. The molecule has 0 saturated carbocycles. The van der Waals surface area contributed by atoms with Crippen LogP contribution in [0.2, 0.25) is 0 Å². The summed E-state index contributed by atoms with van der Waals surface area (Å²) in [6, 6.07) is 4.72. The minimum Gasteiger partial charge on any atom is -0.508 e. The summed E-state index contributed by atoms with van der Waals surface area (Å²) in [6.45, 7) is 9.55. The fourth-order valence-corrected chi connectivity index (χ4v) is 3.59. The summed E-state index contributed by atoms with van der Waals surface area (Å²) in [7, 11) is 0. The molecule has 0 amide bonds. The predicted molar refractivity (Wildman–Crippen MR) is 124 cm³/mol. The molecule has 0 aliphatic heterocycles. The number of phenols is 3. The highest BCUT2D eigenvalue weighted by molar-refractivity contribution is 5.93. The van der Waals surface area contributed by atoms with Crippen molar-refractivity contribution < 1.29 is 19.7 Å². The maximum absolute atomic E-state index is 13.5. The van der Waals surface area contributed by atoms with Crippen molar-refractivity contribution in [3.8, 4) is 28.4 Å². The summed E-state index contributed by atoms with van der Waals surface area (Å²) < 4.78 is 5.84. The first-order valence-corrected chi connectivity index (χ1v) is 10.2. The minimum absolute atomic E-state index is 0.0529. The summed E-state index contributed by atoms with van der Waals surface area (Å²) in [5.41, 5.74) is 4.26. The highest BCUT2D eigenvalue weighted by Gasteiger charge is 2.23. The van der Waals surface area contributed by atoms with Gasteiger partial charge < -0.3 is 19.7 Å². The van der Waals surface area contributed by atoms with Crippen LogP contribution in [0.3, 0.4) is 0 Å².